The third-order valence-corrected chi connectivity index (χ3v) is 5.92. The molecule has 0 radical (unpaired) electrons. The molecule has 0 amide bonds. The summed E-state index contributed by atoms with van der Waals surface area (Å²) in [6.07, 6.45) is 3.00. The average molecular weight is 368 g/mol. The molecule has 4 nitrogen and oxygen atoms in total. The molecule has 0 aliphatic heterocycles. The van der Waals surface area contributed by atoms with E-state index < -0.39 is 5.41 Å². The number of aryl methyl sites for hydroxylation is 2. The van der Waals surface area contributed by atoms with Gasteiger partial charge in [-0.25, -0.2) is 0 Å². The zero-order valence-electron chi connectivity index (χ0n) is 15.8. The molecule has 0 saturated heterocycles. The van der Waals surface area contributed by atoms with Crippen molar-refractivity contribution in [2.45, 2.75) is 25.7 Å². The second-order valence-corrected chi connectivity index (χ2v) is 7.59. The second kappa shape index (κ2) is 5.80. The molecular weight excluding hydrogens is 348 g/mol. The summed E-state index contributed by atoms with van der Waals surface area (Å²) in [5.41, 5.74) is 4.55. The summed E-state index contributed by atoms with van der Waals surface area (Å²) in [7, 11) is 0. The number of nitrogens with one attached hydrogen (secondary N) is 2. The highest BCUT2D eigenvalue weighted by molar-refractivity contribution is 6.16. The Balaban J connectivity index is 1.97. The Morgan fingerprint density at radius 3 is 1.79 bits per heavy atom. The van der Waals surface area contributed by atoms with E-state index >= 15 is 0 Å². The summed E-state index contributed by atoms with van der Waals surface area (Å²) in [6, 6.07) is 15.9. The third kappa shape index (κ3) is 2.12. The zero-order chi connectivity index (χ0) is 19.5. The largest absolute Gasteiger partial charge is 0.358 e. The van der Waals surface area contributed by atoms with Crippen LogP contribution in [0.3, 0.4) is 0 Å². The van der Waals surface area contributed by atoms with Crippen molar-refractivity contribution in [3.8, 4) is 0 Å². The van der Waals surface area contributed by atoms with Crippen LogP contribution in [0.4, 0.5) is 0 Å². The van der Waals surface area contributed by atoms with Crippen LogP contribution in [0.25, 0.3) is 21.8 Å². The molecule has 0 fully saturated rings. The van der Waals surface area contributed by atoms with E-state index in [-0.39, 0.29) is 18.0 Å². The van der Waals surface area contributed by atoms with E-state index in [2.05, 4.69) is 9.97 Å². The van der Waals surface area contributed by atoms with Crippen molar-refractivity contribution in [1.82, 2.24) is 9.97 Å². The molecule has 4 aromatic rings. The van der Waals surface area contributed by atoms with Crippen molar-refractivity contribution in [1.29, 1.82) is 0 Å². The highest BCUT2D eigenvalue weighted by Gasteiger charge is 2.48. The molecule has 28 heavy (non-hydrogen) atoms. The molecule has 2 aromatic heterocycles. The van der Waals surface area contributed by atoms with Gasteiger partial charge in [0, 0.05) is 39.6 Å². The maximum Gasteiger partial charge on any atom is 0.171 e. The molecule has 2 N–H and O–H groups in total. The summed E-state index contributed by atoms with van der Waals surface area (Å²) < 4.78 is 0. The average Bonchev–Trinajstić information content (AvgIpc) is 3.19. The fourth-order valence-electron chi connectivity index (χ4n) is 4.92. The number of hydrogen-bond donors (Lipinski definition) is 2. The molecule has 138 valence electrons. The Morgan fingerprint density at radius 2 is 1.25 bits per heavy atom. The lowest BCUT2D eigenvalue weighted by Gasteiger charge is -2.34. The van der Waals surface area contributed by atoms with Gasteiger partial charge in [-0.15, -0.1) is 0 Å². The number of benzene rings is 2. The minimum Gasteiger partial charge on any atom is -0.358 e. The number of rotatable bonds is 2. The van der Waals surface area contributed by atoms with E-state index in [0.29, 0.717) is 0 Å². The van der Waals surface area contributed by atoms with Gasteiger partial charge in [-0.3, -0.25) is 9.59 Å². The predicted octanol–water partition coefficient (Wildman–Crippen LogP) is 4.65. The first kappa shape index (κ1) is 16.8. The fourth-order valence-corrected chi connectivity index (χ4v) is 4.92. The van der Waals surface area contributed by atoms with Gasteiger partial charge in [0.05, 0.1) is 5.41 Å². The highest BCUT2D eigenvalue weighted by Crippen LogP contribution is 2.47. The van der Waals surface area contributed by atoms with Gasteiger partial charge in [0.2, 0.25) is 0 Å². The standard InChI is InChI=1S/C24H20N2O2/c1-14-22(17-7-3-5-9-19(17)25-14)24(13-16(27)11-12-21(24)28)23-15(2)26-20-10-6-4-8-18(20)23/h3-12,25-26H,13H2,1-2H3. The molecule has 0 spiro atoms. The van der Waals surface area contributed by atoms with Crippen LogP contribution in [0.2, 0.25) is 0 Å². The van der Waals surface area contributed by atoms with E-state index in [1.807, 2.05) is 62.4 Å². The fraction of sp³-hybridized carbons (Fsp3) is 0.167. The van der Waals surface area contributed by atoms with Crippen LogP contribution in [0.15, 0.2) is 60.7 Å². The van der Waals surface area contributed by atoms with Gasteiger partial charge in [0.15, 0.2) is 11.6 Å². The minimum atomic E-state index is -1.04. The highest BCUT2D eigenvalue weighted by atomic mass is 16.1. The number of fused-ring (bicyclic) bond motifs is 2. The van der Waals surface area contributed by atoms with Crippen molar-refractivity contribution in [2.24, 2.45) is 0 Å². The van der Waals surface area contributed by atoms with Crippen LogP contribution in [-0.4, -0.2) is 21.5 Å². The Kier molecular flexibility index (Phi) is 3.47. The van der Waals surface area contributed by atoms with E-state index in [9.17, 15) is 9.59 Å². The molecule has 0 bridgehead atoms. The normalized spacial score (nSPS) is 16.4. The van der Waals surface area contributed by atoms with Crippen LogP contribution in [0.5, 0.6) is 0 Å². The van der Waals surface area contributed by atoms with E-state index in [0.717, 1.165) is 44.3 Å². The second-order valence-electron chi connectivity index (χ2n) is 7.59. The number of allylic oxidation sites excluding steroid dienone is 2. The molecule has 5 rings (SSSR count). The number of carbonyl (C=O) groups excluding carboxylic acids is 2. The topological polar surface area (TPSA) is 65.7 Å². The van der Waals surface area contributed by atoms with Crippen LogP contribution < -0.4 is 0 Å². The quantitative estimate of drug-likeness (QED) is 0.541. The lowest BCUT2D eigenvalue weighted by molar-refractivity contribution is -0.125. The summed E-state index contributed by atoms with van der Waals surface area (Å²) in [5, 5.41) is 1.97. The Morgan fingerprint density at radius 1 is 0.750 bits per heavy atom. The van der Waals surface area contributed by atoms with Crippen molar-refractivity contribution in [3.05, 3.63) is 83.2 Å². The summed E-state index contributed by atoms with van der Waals surface area (Å²) >= 11 is 0. The van der Waals surface area contributed by atoms with E-state index in [1.54, 1.807) is 0 Å². The summed E-state index contributed by atoms with van der Waals surface area (Å²) in [5.74, 6) is -0.0817. The molecular formula is C24H20N2O2. The van der Waals surface area contributed by atoms with E-state index in [1.165, 1.54) is 12.2 Å². The van der Waals surface area contributed by atoms with Gasteiger partial charge in [-0.05, 0) is 49.3 Å². The molecule has 4 heteroatoms. The molecule has 2 heterocycles. The molecule has 0 saturated carbocycles. The SMILES string of the molecule is Cc1[nH]c2ccccc2c1C1(c2c(C)[nH]c3ccccc23)CC(=O)C=CC1=O. The smallest absolute Gasteiger partial charge is 0.171 e. The predicted molar refractivity (Wildman–Crippen MR) is 111 cm³/mol. The maximum atomic E-state index is 13.6. The molecule has 1 aliphatic carbocycles. The first-order valence-electron chi connectivity index (χ1n) is 9.43. The summed E-state index contributed by atoms with van der Waals surface area (Å²) in [4.78, 5) is 33.1. The molecule has 0 unspecified atom stereocenters. The number of carbonyl (C=O) groups is 2. The van der Waals surface area contributed by atoms with Crippen molar-refractivity contribution in [2.75, 3.05) is 0 Å². The number of H-pyrrole nitrogens is 2. The van der Waals surface area contributed by atoms with Gasteiger partial charge in [0.1, 0.15) is 0 Å². The van der Waals surface area contributed by atoms with Crippen LogP contribution >= 0.6 is 0 Å². The van der Waals surface area contributed by atoms with Crippen LogP contribution in [0.1, 0.15) is 28.9 Å². The van der Waals surface area contributed by atoms with Crippen molar-refractivity contribution in [3.63, 3.8) is 0 Å². The van der Waals surface area contributed by atoms with Gasteiger partial charge in [0.25, 0.3) is 0 Å². The van der Waals surface area contributed by atoms with E-state index in [4.69, 9.17) is 0 Å². The number of ketones is 2. The zero-order valence-corrected chi connectivity index (χ0v) is 15.8. The van der Waals surface area contributed by atoms with Gasteiger partial charge >= 0.3 is 0 Å². The first-order valence-corrected chi connectivity index (χ1v) is 9.43. The molecule has 2 aromatic carbocycles. The minimum absolute atomic E-state index is 0.0334. The Bertz CT molecular complexity index is 1220. The Hall–Kier alpha value is -3.40. The van der Waals surface area contributed by atoms with Gasteiger partial charge in [-0.2, -0.15) is 0 Å². The van der Waals surface area contributed by atoms with Crippen molar-refractivity contribution < 1.29 is 9.59 Å². The molecule has 1 aliphatic rings. The summed E-state index contributed by atoms with van der Waals surface area (Å²) in [6.45, 7) is 3.97. The van der Waals surface area contributed by atoms with Crippen LogP contribution in [0, 0.1) is 13.8 Å². The maximum absolute atomic E-state index is 13.6. The van der Waals surface area contributed by atoms with Crippen molar-refractivity contribution >= 4 is 33.4 Å². The molecule has 0 atom stereocenters. The van der Waals surface area contributed by atoms with Gasteiger partial charge < -0.3 is 9.97 Å². The Labute approximate surface area is 162 Å². The number of aromatic nitrogens is 2. The lowest BCUT2D eigenvalue weighted by atomic mass is 9.64. The number of hydrogen-bond acceptors (Lipinski definition) is 2. The number of para-hydroxylation sites is 2. The monoisotopic (exact) mass is 368 g/mol. The number of aromatic amines is 2. The third-order valence-electron chi connectivity index (χ3n) is 5.92. The first-order chi connectivity index (χ1) is 13.5. The van der Waals surface area contributed by atoms with Crippen LogP contribution in [-0.2, 0) is 15.0 Å². The van der Waals surface area contributed by atoms with Gasteiger partial charge in [-0.1, -0.05) is 36.4 Å². The lowest BCUT2D eigenvalue weighted by Crippen LogP contribution is -2.41.